The standard InChI is InChI=1S/C21H22N4O2/c1-14-22-20(24-25(14)15-9-5-4-6-10-15)23-19(26)17-13-21(17,2)16-11-7-8-12-18(16)27-3/h4-12,17H,13H2,1-3H3,(H,23,24,26). The maximum absolute atomic E-state index is 12.8. The first-order valence-corrected chi connectivity index (χ1v) is 8.96. The van der Waals surface area contributed by atoms with Gasteiger partial charge < -0.3 is 4.74 Å². The van der Waals surface area contributed by atoms with Crippen LogP contribution in [0.5, 0.6) is 5.75 Å². The Bertz CT molecular complexity index is 983. The summed E-state index contributed by atoms with van der Waals surface area (Å²) in [5.41, 5.74) is 1.74. The number of aryl methyl sites for hydroxylation is 1. The van der Waals surface area contributed by atoms with Crippen LogP contribution in [-0.2, 0) is 10.2 Å². The van der Waals surface area contributed by atoms with Crippen LogP contribution < -0.4 is 10.1 Å². The van der Waals surface area contributed by atoms with E-state index >= 15 is 0 Å². The number of nitrogens with zero attached hydrogens (tertiary/aromatic N) is 3. The third-order valence-corrected chi connectivity index (χ3v) is 5.28. The Hall–Kier alpha value is -3.15. The molecule has 6 nitrogen and oxygen atoms in total. The number of nitrogens with one attached hydrogen (secondary N) is 1. The third-order valence-electron chi connectivity index (χ3n) is 5.28. The Balaban J connectivity index is 1.51. The Labute approximate surface area is 158 Å². The molecule has 27 heavy (non-hydrogen) atoms. The molecule has 1 aromatic heterocycles. The highest BCUT2D eigenvalue weighted by molar-refractivity contribution is 5.94. The lowest BCUT2D eigenvalue weighted by Gasteiger charge is -2.15. The zero-order chi connectivity index (χ0) is 19.0. The van der Waals surface area contributed by atoms with Gasteiger partial charge >= 0.3 is 0 Å². The molecule has 4 rings (SSSR count). The quantitative estimate of drug-likeness (QED) is 0.754. The predicted octanol–water partition coefficient (Wildman–Crippen LogP) is 3.50. The summed E-state index contributed by atoms with van der Waals surface area (Å²) in [4.78, 5) is 17.2. The Morgan fingerprint density at radius 1 is 1.19 bits per heavy atom. The van der Waals surface area contributed by atoms with Crippen molar-refractivity contribution < 1.29 is 9.53 Å². The van der Waals surface area contributed by atoms with Gasteiger partial charge in [-0.05, 0) is 31.5 Å². The fourth-order valence-corrected chi connectivity index (χ4v) is 3.62. The van der Waals surface area contributed by atoms with Gasteiger partial charge in [-0.3, -0.25) is 10.1 Å². The molecule has 0 aliphatic heterocycles. The minimum atomic E-state index is -0.228. The van der Waals surface area contributed by atoms with E-state index in [1.165, 1.54) is 0 Å². The number of carbonyl (C=O) groups is 1. The lowest BCUT2D eigenvalue weighted by atomic mass is 9.94. The smallest absolute Gasteiger partial charge is 0.249 e. The van der Waals surface area contributed by atoms with Crippen LogP contribution in [0.25, 0.3) is 5.69 Å². The molecule has 138 valence electrons. The SMILES string of the molecule is COc1ccccc1C1(C)CC1C(=O)Nc1nc(C)n(-c2ccccc2)n1. The number of rotatable bonds is 5. The second-order valence-electron chi connectivity index (χ2n) is 7.09. The number of benzene rings is 2. The fourth-order valence-electron chi connectivity index (χ4n) is 3.62. The van der Waals surface area contributed by atoms with Gasteiger partial charge in [-0.25, -0.2) is 4.68 Å². The van der Waals surface area contributed by atoms with Crippen LogP contribution >= 0.6 is 0 Å². The molecule has 0 bridgehead atoms. The Morgan fingerprint density at radius 2 is 1.89 bits per heavy atom. The first-order valence-electron chi connectivity index (χ1n) is 8.96. The van der Waals surface area contributed by atoms with Gasteiger partial charge in [0.05, 0.1) is 12.8 Å². The molecule has 1 fully saturated rings. The monoisotopic (exact) mass is 362 g/mol. The minimum Gasteiger partial charge on any atom is -0.496 e. The lowest BCUT2D eigenvalue weighted by Crippen LogP contribution is -2.20. The molecule has 1 saturated carbocycles. The zero-order valence-corrected chi connectivity index (χ0v) is 15.6. The summed E-state index contributed by atoms with van der Waals surface area (Å²) in [6, 6.07) is 17.6. The molecule has 6 heteroatoms. The van der Waals surface area contributed by atoms with Crippen LogP contribution in [-0.4, -0.2) is 27.8 Å². The number of anilines is 1. The van der Waals surface area contributed by atoms with Crippen LogP contribution in [0.1, 0.15) is 24.7 Å². The second-order valence-corrected chi connectivity index (χ2v) is 7.09. The van der Waals surface area contributed by atoms with E-state index in [4.69, 9.17) is 4.74 Å². The third kappa shape index (κ3) is 3.07. The summed E-state index contributed by atoms with van der Waals surface area (Å²) < 4.78 is 7.19. The molecule has 1 aliphatic rings. The van der Waals surface area contributed by atoms with Crippen LogP contribution in [0.15, 0.2) is 54.6 Å². The average molecular weight is 362 g/mol. The van der Waals surface area contributed by atoms with Crippen molar-refractivity contribution in [2.45, 2.75) is 25.7 Å². The van der Waals surface area contributed by atoms with E-state index in [1.54, 1.807) is 11.8 Å². The first-order chi connectivity index (χ1) is 13.0. The van der Waals surface area contributed by atoms with Crippen molar-refractivity contribution >= 4 is 11.9 Å². The Morgan fingerprint density at radius 3 is 2.63 bits per heavy atom. The van der Waals surface area contributed by atoms with E-state index in [0.29, 0.717) is 5.95 Å². The van der Waals surface area contributed by atoms with Crippen LogP contribution in [0.3, 0.4) is 0 Å². The maximum atomic E-state index is 12.8. The van der Waals surface area contributed by atoms with Gasteiger partial charge in [-0.15, -0.1) is 5.10 Å². The normalized spacial score (nSPS) is 20.9. The molecule has 2 aromatic carbocycles. The predicted molar refractivity (Wildman–Crippen MR) is 103 cm³/mol. The first kappa shape index (κ1) is 17.3. The van der Waals surface area contributed by atoms with Gasteiger partial charge in [-0.1, -0.05) is 43.3 Å². The van der Waals surface area contributed by atoms with Crippen LogP contribution in [0, 0.1) is 12.8 Å². The summed E-state index contributed by atoms with van der Waals surface area (Å²) in [5.74, 6) is 1.68. The molecule has 2 atom stereocenters. The van der Waals surface area contributed by atoms with Gasteiger partial charge in [0.1, 0.15) is 11.6 Å². The largest absolute Gasteiger partial charge is 0.496 e. The van der Waals surface area contributed by atoms with Gasteiger partial charge in [0, 0.05) is 16.9 Å². The molecule has 0 spiro atoms. The van der Waals surface area contributed by atoms with Crippen molar-refractivity contribution in [1.82, 2.24) is 14.8 Å². The molecule has 1 aliphatic carbocycles. The van der Waals surface area contributed by atoms with Crippen molar-refractivity contribution in [3.8, 4) is 11.4 Å². The van der Waals surface area contributed by atoms with Gasteiger partial charge in [0.15, 0.2) is 0 Å². The summed E-state index contributed by atoms with van der Waals surface area (Å²) in [7, 11) is 1.66. The molecule has 1 N–H and O–H groups in total. The lowest BCUT2D eigenvalue weighted by molar-refractivity contribution is -0.117. The highest BCUT2D eigenvalue weighted by atomic mass is 16.5. The highest BCUT2D eigenvalue weighted by Gasteiger charge is 2.56. The number of hydrogen-bond donors (Lipinski definition) is 1. The van der Waals surface area contributed by atoms with Gasteiger partial charge in [0.2, 0.25) is 11.9 Å². The van der Waals surface area contributed by atoms with Gasteiger partial charge in [0.25, 0.3) is 0 Å². The van der Waals surface area contributed by atoms with Crippen molar-refractivity contribution in [2.24, 2.45) is 5.92 Å². The second kappa shape index (κ2) is 6.54. The zero-order valence-electron chi connectivity index (χ0n) is 15.6. The van der Waals surface area contributed by atoms with Crippen LogP contribution in [0.2, 0.25) is 0 Å². The van der Waals surface area contributed by atoms with Crippen molar-refractivity contribution in [1.29, 1.82) is 0 Å². The molecule has 1 amide bonds. The summed E-state index contributed by atoms with van der Waals surface area (Å²) in [6.07, 6.45) is 0.775. The summed E-state index contributed by atoms with van der Waals surface area (Å²) in [5, 5.41) is 7.31. The summed E-state index contributed by atoms with van der Waals surface area (Å²) in [6.45, 7) is 3.96. The van der Waals surface area contributed by atoms with E-state index in [9.17, 15) is 4.79 Å². The number of amides is 1. The number of hydrogen-bond acceptors (Lipinski definition) is 4. The molecular weight excluding hydrogens is 340 g/mol. The number of ether oxygens (including phenoxy) is 1. The molecule has 1 heterocycles. The van der Waals surface area contributed by atoms with Crippen LogP contribution in [0.4, 0.5) is 5.95 Å². The number of para-hydroxylation sites is 2. The minimum absolute atomic E-state index is 0.0615. The van der Waals surface area contributed by atoms with Crippen molar-refractivity contribution in [3.05, 3.63) is 66.0 Å². The van der Waals surface area contributed by atoms with Gasteiger partial charge in [-0.2, -0.15) is 4.98 Å². The molecular formula is C21H22N4O2. The number of aromatic nitrogens is 3. The average Bonchev–Trinajstić information content (AvgIpc) is 3.26. The molecule has 0 radical (unpaired) electrons. The number of methoxy groups -OCH3 is 1. The van der Waals surface area contributed by atoms with E-state index in [2.05, 4.69) is 22.3 Å². The highest BCUT2D eigenvalue weighted by Crippen LogP contribution is 2.56. The summed E-state index contributed by atoms with van der Waals surface area (Å²) >= 11 is 0. The molecule has 2 unspecified atom stereocenters. The van der Waals surface area contributed by atoms with Crippen molar-refractivity contribution in [3.63, 3.8) is 0 Å². The van der Waals surface area contributed by atoms with Crippen molar-refractivity contribution in [2.75, 3.05) is 12.4 Å². The topological polar surface area (TPSA) is 69.0 Å². The maximum Gasteiger partial charge on any atom is 0.249 e. The van der Waals surface area contributed by atoms with E-state index in [-0.39, 0.29) is 17.2 Å². The number of carbonyl (C=O) groups excluding carboxylic acids is 1. The molecule has 3 aromatic rings. The Kier molecular flexibility index (Phi) is 4.18. The van der Waals surface area contributed by atoms with E-state index in [1.807, 2.05) is 61.5 Å². The fraction of sp³-hybridized carbons (Fsp3) is 0.286. The van der Waals surface area contributed by atoms with E-state index in [0.717, 1.165) is 29.2 Å². The van der Waals surface area contributed by atoms with E-state index < -0.39 is 0 Å². The molecule has 0 saturated heterocycles.